The van der Waals surface area contributed by atoms with Crippen molar-refractivity contribution in [3.05, 3.63) is 47.5 Å². The lowest BCUT2D eigenvalue weighted by Gasteiger charge is -2.05. The third-order valence-corrected chi connectivity index (χ3v) is 2.76. The van der Waals surface area contributed by atoms with Crippen molar-refractivity contribution in [2.75, 3.05) is 0 Å². The molecule has 92 valence electrons. The van der Waals surface area contributed by atoms with Crippen LogP contribution in [0.2, 0.25) is 0 Å². The number of esters is 1. The molecule has 0 saturated heterocycles. The van der Waals surface area contributed by atoms with E-state index in [4.69, 9.17) is 4.74 Å². The maximum Gasteiger partial charge on any atom is 0.303 e. The first-order valence-electron chi connectivity index (χ1n) is 5.54. The molecule has 1 aromatic rings. The molecule has 1 atom stereocenters. The van der Waals surface area contributed by atoms with Crippen LogP contribution in [0.15, 0.2) is 30.9 Å². The van der Waals surface area contributed by atoms with Crippen molar-refractivity contribution in [1.82, 2.24) is 0 Å². The Morgan fingerprint density at radius 3 is 2.61 bits per heavy atom. The molecular weight excluding hydrogens is 232 g/mol. The molecular formula is C14H12O4. The fourth-order valence-corrected chi connectivity index (χ4v) is 1.98. The molecule has 2 rings (SSSR count). The van der Waals surface area contributed by atoms with Gasteiger partial charge in [-0.05, 0) is 18.1 Å². The van der Waals surface area contributed by atoms with E-state index in [9.17, 15) is 14.4 Å². The zero-order valence-corrected chi connectivity index (χ0v) is 9.93. The quantitative estimate of drug-likeness (QED) is 0.461. The van der Waals surface area contributed by atoms with Crippen molar-refractivity contribution in [3.8, 4) is 0 Å². The summed E-state index contributed by atoms with van der Waals surface area (Å²) in [4.78, 5) is 34.7. The fraction of sp³-hybridized carbons (Fsp3) is 0.214. The van der Waals surface area contributed by atoms with Gasteiger partial charge in [-0.3, -0.25) is 14.4 Å². The van der Waals surface area contributed by atoms with E-state index < -0.39 is 23.6 Å². The van der Waals surface area contributed by atoms with E-state index in [-0.39, 0.29) is 0 Å². The second kappa shape index (κ2) is 4.56. The minimum Gasteiger partial charge on any atom is -0.446 e. The molecule has 1 aliphatic carbocycles. The molecule has 0 aliphatic heterocycles. The molecule has 0 saturated carbocycles. The van der Waals surface area contributed by atoms with Gasteiger partial charge in [0.1, 0.15) is 0 Å². The first-order chi connectivity index (χ1) is 8.54. The van der Waals surface area contributed by atoms with Crippen LogP contribution in [0.4, 0.5) is 0 Å². The van der Waals surface area contributed by atoms with E-state index in [1.807, 2.05) is 0 Å². The smallest absolute Gasteiger partial charge is 0.303 e. The van der Waals surface area contributed by atoms with Gasteiger partial charge in [-0.25, -0.2) is 0 Å². The van der Waals surface area contributed by atoms with Gasteiger partial charge < -0.3 is 4.74 Å². The van der Waals surface area contributed by atoms with Crippen molar-refractivity contribution >= 4 is 17.5 Å². The highest BCUT2D eigenvalue weighted by Crippen LogP contribution is 2.25. The van der Waals surface area contributed by atoms with Gasteiger partial charge in [0.2, 0.25) is 17.7 Å². The Morgan fingerprint density at radius 1 is 1.33 bits per heavy atom. The number of ketones is 2. The molecule has 4 heteroatoms. The zero-order valence-electron chi connectivity index (χ0n) is 9.93. The van der Waals surface area contributed by atoms with Crippen LogP contribution in [-0.2, 0) is 16.0 Å². The monoisotopic (exact) mass is 244 g/mol. The molecule has 0 bridgehead atoms. The zero-order chi connectivity index (χ0) is 13.3. The van der Waals surface area contributed by atoms with E-state index in [0.717, 1.165) is 5.56 Å². The Hall–Kier alpha value is -2.23. The summed E-state index contributed by atoms with van der Waals surface area (Å²) in [6.07, 6.45) is 1.02. The highest BCUT2D eigenvalue weighted by atomic mass is 16.5. The molecule has 0 fully saturated rings. The number of rotatable bonds is 3. The second-order valence-corrected chi connectivity index (χ2v) is 4.09. The molecule has 1 aliphatic rings. The van der Waals surface area contributed by atoms with Crippen LogP contribution in [0.3, 0.4) is 0 Å². The van der Waals surface area contributed by atoms with Crippen LogP contribution in [0, 0.1) is 0 Å². The third-order valence-electron chi connectivity index (χ3n) is 2.76. The summed E-state index contributed by atoms with van der Waals surface area (Å²) >= 11 is 0. The van der Waals surface area contributed by atoms with Crippen molar-refractivity contribution < 1.29 is 19.1 Å². The number of benzene rings is 1. The molecule has 18 heavy (non-hydrogen) atoms. The maximum absolute atomic E-state index is 12.0. The molecule has 1 aromatic carbocycles. The molecule has 0 N–H and O–H groups in total. The van der Waals surface area contributed by atoms with E-state index >= 15 is 0 Å². The van der Waals surface area contributed by atoms with Gasteiger partial charge in [-0.15, -0.1) is 6.58 Å². The standard InChI is InChI=1S/C14H12O4/c1-3-4-9-5-6-10-11(7-9)13(17)14(12(10)16)18-8(2)15/h3,5-7,14H,1,4H2,2H3. The lowest BCUT2D eigenvalue weighted by atomic mass is 10.0. The first kappa shape index (κ1) is 12.2. The predicted molar refractivity (Wildman–Crippen MR) is 64.6 cm³/mol. The largest absolute Gasteiger partial charge is 0.446 e. The average Bonchev–Trinajstić information content (AvgIpc) is 2.55. The molecule has 0 spiro atoms. The number of allylic oxidation sites excluding steroid dienone is 1. The average molecular weight is 244 g/mol. The summed E-state index contributed by atoms with van der Waals surface area (Å²) in [6.45, 7) is 4.79. The Labute approximate surface area is 104 Å². The van der Waals surface area contributed by atoms with Gasteiger partial charge >= 0.3 is 5.97 Å². The van der Waals surface area contributed by atoms with Crippen LogP contribution < -0.4 is 0 Å². The van der Waals surface area contributed by atoms with E-state index in [1.54, 1.807) is 24.3 Å². The van der Waals surface area contributed by atoms with Crippen molar-refractivity contribution in [2.24, 2.45) is 0 Å². The second-order valence-electron chi connectivity index (χ2n) is 4.09. The molecule has 0 aromatic heterocycles. The minimum absolute atomic E-state index is 0.319. The first-order valence-corrected chi connectivity index (χ1v) is 5.54. The Kier molecular flexibility index (Phi) is 3.10. The Bertz CT molecular complexity index is 557. The van der Waals surface area contributed by atoms with Crippen LogP contribution in [0.5, 0.6) is 0 Å². The number of ether oxygens (including phenoxy) is 1. The molecule has 0 radical (unpaired) electrons. The minimum atomic E-state index is -1.31. The van der Waals surface area contributed by atoms with Crippen molar-refractivity contribution in [3.63, 3.8) is 0 Å². The lowest BCUT2D eigenvalue weighted by molar-refractivity contribution is -0.142. The molecule has 0 heterocycles. The molecule has 1 unspecified atom stereocenters. The highest BCUT2D eigenvalue weighted by molar-refractivity contribution is 6.29. The summed E-state index contributed by atoms with van der Waals surface area (Å²) in [5.41, 5.74) is 1.54. The van der Waals surface area contributed by atoms with E-state index in [1.165, 1.54) is 6.92 Å². The van der Waals surface area contributed by atoms with Gasteiger partial charge in [0.15, 0.2) is 0 Å². The maximum atomic E-state index is 12.0. The summed E-state index contributed by atoms with van der Waals surface area (Å²) in [6, 6.07) is 5.01. The summed E-state index contributed by atoms with van der Waals surface area (Å²) in [5.74, 6) is -1.53. The highest BCUT2D eigenvalue weighted by Gasteiger charge is 2.40. The fourth-order valence-electron chi connectivity index (χ4n) is 1.98. The Balaban J connectivity index is 2.39. The van der Waals surface area contributed by atoms with Gasteiger partial charge in [-0.1, -0.05) is 18.2 Å². The van der Waals surface area contributed by atoms with Crippen molar-refractivity contribution in [2.45, 2.75) is 19.4 Å². The Morgan fingerprint density at radius 2 is 2.00 bits per heavy atom. The van der Waals surface area contributed by atoms with Crippen LogP contribution in [-0.4, -0.2) is 23.6 Å². The summed E-state index contributed by atoms with van der Waals surface area (Å²) < 4.78 is 4.76. The predicted octanol–water partition coefficient (Wildman–Crippen LogP) is 1.73. The number of fused-ring (bicyclic) bond motifs is 1. The molecule has 0 amide bonds. The SMILES string of the molecule is C=CCc1ccc2c(c1)C(=O)C(OC(C)=O)C2=O. The number of carbonyl (C=O) groups excluding carboxylic acids is 3. The number of Topliss-reactive ketones (excluding diaryl/α,β-unsaturated/α-hetero) is 2. The lowest BCUT2D eigenvalue weighted by Crippen LogP contribution is -2.27. The number of hydrogen-bond acceptors (Lipinski definition) is 4. The number of carbonyl (C=O) groups is 3. The van der Waals surface area contributed by atoms with E-state index in [2.05, 4.69) is 6.58 Å². The van der Waals surface area contributed by atoms with Crippen LogP contribution >= 0.6 is 0 Å². The van der Waals surface area contributed by atoms with Crippen molar-refractivity contribution in [1.29, 1.82) is 0 Å². The summed E-state index contributed by atoms with van der Waals surface area (Å²) in [7, 11) is 0. The molecule has 4 nitrogen and oxygen atoms in total. The van der Waals surface area contributed by atoms with Gasteiger partial charge in [0.25, 0.3) is 0 Å². The third kappa shape index (κ3) is 1.97. The van der Waals surface area contributed by atoms with Gasteiger partial charge in [-0.2, -0.15) is 0 Å². The number of hydrogen-bond donors (Lipinski definition) is 0. The van der Waals surface area contributed by atoms with Gasteiger partial charge in [0, 0.05) is 18.1 Å². The van der Waals surface area contributed by atoms with Crippen LogP contribution in [0.25, 0.3) is 0 Å². The van der Waals surface area contributed by atoms with Crippen LogP contribution in [0.1, 0.15) is 33.2 Å². The summed E-state index contributed by atoms with van der Waals surface area (Å²) in [5, 5.41) is 0. The normalized spacial score (nSPS) is 17.5. The van der Waals surface area contributed by atoms with Gasteiger partial charge in [0.05, 0.1) is 0 Å². The van der Waals surface area contributed by atoms with E-state index in [0.29, 0.717) is 17.5 Å². The topological polar surface area (TPSA) is 60.4 Å².